The summed E-state index contributed by atoms with van der Waals surface area (Å²) < 4.78 is 21.7. The fourth-order valence-electron chi connectivity index (χ4n) is 3.51. The summed E-state index contributed by atoms with van der Waals surface area (Å²) in [6, 6.07) is -1.39. The Labute approximate surface area is 139 Å². The monoisotopic (exact) mass is 348 g/mol. The molecule has 0 aromatic heterocycles. The molecule has 3 fully saturated rings. The maximum absolute atomic E-state index is 12.2. The SMILES string of the molecule is CN[C@@H]1[C@H](O)[C@H](NC)[C@H]2O[C@@]3(O)C(=O)OC[C@@H](C)O[C@H]3O[C@@H]2[C@H]1O. The van der Waals surface area contributed by atoms with Gasteiger partial charge in [0.15, 0.2) is 0 Å². The van der Waals surface area contributed by atoms with Gasteiger partial charge in [-0.15, -0.1) is 0 Å². The lowest BCUT2D eigenvalue weighted by Gasteiger charge is -2.53. The van der Waals surface area contributed by atoms with Crippen molar-refractivity contribution in [3.63, 3.8) is 0 Å². The van der Waals surface area contributed by atoms with Gasteiger partial charge in [0.2, 0.25) is 6.29 Å². The summed E-state index contributed by atoms with van der Waals surface area (Å²) in [5.41, 5.74) is 0. The van der Waals surface area contributed by atoms with Crippen molar-refractivity contribution < 1.29 is 39.1 Å². The summed E-state index contributed by atoms with van der Waals surface area (Å²) in [6.07, 6.45) is -6.05. The second-order valence-electron chi connectivity index (χ2n) is 6.37. The minimum atomic E-state index is -2.47. The van der Waals surface area contributed by atoms with Crippen LogP contribution in [0.25, 0.3) is 0 Å². The summed E-state index contributed by atoms with van der Waals surface area (Å²) in [5, 5.41) is 37.3. The average Bonchev–Trinajstić information content (AvgIpc) is 2.65. The van der Waals surface area contributed by atoms with E-state index in [0.29, 0.717) is 0 Å². The molecule has 9 atom stereocenters. The van der Waals surface area contributed by atoms with Gasteiger partial charge in [-0.2, -0.15) is 0 Å². The van der Waals surface area contributed by atoms with Crippen LogP contribution in [0, 0.1) is 0 Å². The fraction of sp³-hybridized carbons (Fsp3) is 0.929. The van der Waals surface area contributed by atoms with E-state index in [9.17, 15) is 20.1 Å². The van der Waals surface area contributed by atoms with Crippen molar-refractivity contribution in [2.45, 2.75) is 61.6 Å². The van der Waals surface area contributed by atoms with Crippen molar-refractivity contribution in [2.75, 3.05) is 20.7 Å². The van der Waals surface area contributed by atoms with E-state index < -0.39 is 60.6 Å². The highest BCUT2D eigenvalue weighted by molar-refractivity contribution is 5.78. The highest BCUT2D eigenvalue weighted by atomic mass is 16.8. The molecule has 2 saturated heterocycles. The van der Waals surface area contributed by atoms with E-state index in [4.69, 9.17) is 18.9 Å². The molecule has 10 nitrogen and oxygen atoms in total. The number of hydrogen-bond acceptors (Lipinski definition) is 10. The van der Waals surface area contributed by atoms with Crippen LogP contribution in [0.3, 0.4) is 0 Å². The van der Waals surface area contributed by atoms with Crippen LogP contribution in [0.2, 0.25) is 0 Å². The van der Waals surface area contributed by atoms with Crippen molar-refractivity contribution in [1.29, 1.82) is 0 Å². The summed E-state index contributed by atoms with van der Waals surface area (Å²) >= 11 is 0. The van der Waals surface area contributed by atoms with Crippen LogP contribution >= 0.6 is 0 Å². The highest BCUT2D eigenvalue weighted by Gasteiger charge is 2.63. The number of likely N-dealkylation sites (N-methyl/N-ethyl adjacent to an activating group) is 2. The van der Waals surface area contributed by atoms with Gasteiger partial charge in [-0.05, 0) is 21.0 Å². The van der Waals surface area contributed by atoms with E-state index in [1.807, 2.05) is 0 Å². The maximum atomic E-state index is 12.2. The molecule has 0 amide bonds. The van der Waals surface area contributed by atoms with E-state index >= 15 is 0 Å². The molecule has 1 saturated carbocycles. The smallest absolute Gasteiger partial charge is 0.372 e. The van der Waals surface area contributed by atoms with Gasteiger partial charge in [-0.3, -0.25) is 0 Å². The number of hydrogen-bond donors (Lipinski definition) is 5. The number of carbonyl (C=O) groups excluding carboxylic acids is 1. The first-order chi connectivity index (χ1) is 11.3. The third-order valence-corrected chi connectivity index (χ3v) is 4.80. The second-order valence-corrected chi connectivity index (χ2v) is 6.37. The van der Waals surface area contributed by atoms with Crippen LogP contribution < -0.4 is 10.6 Å². The Morgan fingerprint density at radius 3 is 2.38 bits per heavy atom. The molecule has 0 bridgehead atoms. The Morgan fingerprint density at radius 1 is 1.08 bits per heavy atom. The van der Waals surface area contributed by atoms with E-state index in [0.717, 1.165) is 0 Å². The molecule has 0 aromatic carbocycles. The van der Waals surface area contributed by atoms with Crippen molar-refractivity contribution >= 4 is 5.97 Å². The topological polar surface area (TPSA) is 139 Å². The zero-order chi connectivity index (χ0) is 17.6. The molecule has 138 valence electrons. The van der Waals surface area contributed by atoms with Crippen LogP contribution in [-0.4, -0.2) is 96.7 Å². The lowest BCUT2D eigenvalue weighted by Crippen LogP contribution is -2.76. The normalized spacial score (nSPS) is 52.0. The van der Waals surface area contributed by atoms with Crippen molar-refractivity contribution in [3.8, 4) is 0 Å². The molecule has 2 aliphatic heterocycles. The number of aliphatic hydroxyl groups is 3. The lowest BCUT2D eigenvalue weighted by atomic mass is 9.80. The van der Waals surface area contributed by atoms with E-state index in [1.165, 1.54) is 0 Å². The standard InChI is InChI=1S/C14H24N2O8/c1-5-4-21-12(19)14(20)13(22-5)23-11-9(18)6(15-2)8(17)7(16-3)10(11)24-14/h5-11,13,15-18,20H,4H2,1-3H3/t5-,6-,7+,8+,9+,10-,11-,13+,14+/m1/s1. The molecule has 0 spiro atoms. The van der Waals surface area contributed by atoms with Gasteiger partial charge in [0.1, 0.15) is 24.9 Å². The number of cyclic esters (lactones) is 1. The molecular formula is C14H24N2O8. The molecule has 2 heterocycles. The van der Waals surface area contributed by atoms with Crippen LogP contribution in [0.5, 0.6) is 0 Å². The minimum absolute atomic E-state index is 0.0561. The lowest BCUT2D eigenvalue weighted by molar-refractivity contribution is -0.410. The third kappa shape index (κ3) is 2.63. The zero-order valence-corrected chi connectivity index (χ0v) is 13.7. The Bertz CT molecular complexity index is 493. The van der Waals surface area contributed by atoms with Gasteiger partial charge < -0.3 is 44.9 Å². The Kier molecular flexibility index (Phi) is 4.84. The quantitative estimate of drug-likeness (QED) is 0.322. The second kappa shape index (κ2) is 6.46. The molecule has 24 heavy (non-hydrogen) atoms. The number of ether oxygens (including phenoxy) is 4. The van der Waals surface area contributed by atoms with E-state index in [2.05, 4.69) is 10.6 Å². The van der Waals surface area contributed by atoms with Gasteiger partial charge in [0.25, 0.3) is 0 Å². The number of nitrogens with one attached hydrogen (secondary N) is 2. The minimum Gasteiger partial charge on any atom is -0.459 e. The predicted molar refractivity (Wildman–Crippen MR) is 77.7 cm³/mol. The first-order valence-electron chi connectivity index (χ1n) is 7.92. The van der Waals surface area contributed by atoms with Gasteiger partial charge in [-0.1, -0.05) is 0 Å². The molecule has 3 aliphatic rings. The number of esters is 1. The molecule has 5 N–H and O–H groups in total. The fourth-order valence-corrected chi connectivity index (χ4v) is 3.51. The Balaban J connectivity index is 1.94. The van der Waals surface area contributed by atoms with E-state index in [1.54, 1.807) is 21.0 Å². The van der Waals surface area contributed by atoms with E-state index in [-0.39, 0.29) is 6.61 Å². The van der Waals surface area contributed by atoms with Gasteiger partial charge >= 0.3 is 11.8 Å². The molecule has 1 aliphatic carbocycles. The summed E-state index contributed by atoms with van der Waals surface area (Å²) in [5.74, 6) is -3.49. The van der Waals surface area contributed by atoms with Gasteiger partial charge in [0, 0.05) is 0 Å². The Morgan fingerprint density at radius 2 is 1.75 bits per heavy atom. The zero-order valence-electron chi connectivity index (χ0n) is 13.7. The highest BCUT2D eigenvalue weighted by Crippen LogP contribution is 2.38. The predicted octanol–water partition coefficient (Wildman–Crippen LogP) is -3.34. The van der Waals surface area contributed by atoms with Crippen LogP contribution in [0.15, 0.2) is 0 Å². The van der Waals surface area contributed by atoms with Crippen LogP contribution in [0.1, 0.15) is 6.92 Å². The average molecular weight is 348 g/mol. The molecule has 0 unspecified atom stereocenters. The maximum Gasteiger partial charge on any atom is 0.372 e. The third-order valence-electron chi connectivity index (χ3n) is 4.80. The molecule has 0 radical (unpaired) electrons. The van der Waals surface area contributed by atoms with Crippen LogP contribution in [-0.2, 0) is 23.7 Å². The summed E-state index contributed by atoms with van der Waals surface area (Å²) in [4.78, 5) is 12.2. The molecule has 10 heteroatoms. The molecular weight excluding hydrogens is 324 g/mol. The summed E-state index contributed by atoms with van der Waals surface area (Å²) in [7, 11) is 3.20. The number of aliphatic hydroxyl groups excluding tert-OH is 2. The van der Waals surface area contributed by atoms with Crippen LogP contribution in [0.4, 0.5) is 0 Å². The first kappa shape index (κ1) is 18.0. The van der Waals surface area contributed by atoms with Gasteiger partial charge in [0.05, 0.1) is 24.3 Å². The summed E-state index contributed by atoms with van der Waals surface area (Å²) in [6.45, 7) is 1.60. The largest absolute Gasteiger partial charge is 0.459 e. The van der Waals surface area contributed by atoms with Crippen molar-refractivity contribution in [3.05, 3.63) is 0 Å². The Hall–Kier alpha value is -0.850. The van der Waals surface area contributed by atoms with Crippen molar-refractivity contribution in [1.82, 2.24) is 10.6 Å². The number of carbonyl (C=O) groups is 1. The molecule has 3 rings (SSSR count). The van der Waals surface area contributed by atoms with Crippen molar-refractivity contribution in [2.24, 2.45) is 0 Å². The van der Waals surface area contributed by atoms with Gasteiger partial charge in [-0.25, -0.2) is 4.79 Å². The first-order valence-corrected chi connectivity index (χ1v) is 7.92. The molecule has 0 aromatic rings. The number of rotatable bonds is 2. The number of fused-ring (bicyclic) bond motifs is 2.